The number of alkyl halides is 2. The van der Waals surface area contributed by atoms with E-state index < -0.39 is 15.5 Å². The Morgan fingerprint density at radius 2 is 2.43 bits per heavy atom. The van der Waals surface area contributed by atoms with Gasteiger partial charge in [0.2, 0.25) is 0 Å². The standard InChI is InChI=1S/CH2ClFO2S2/c2-1(3)5-7(4)6/h1,7H. The Labute approximate surface area is 51.5 Å². The van der Waals surface area contributed by atoms with Crippen LogP contribution in [0.15, 0.2) is 0 Å². The maximum atomic E-state index is 11.2. The minimum Gasteiger partial charge on any atom is -0.240 e. The number of thiol groups is 1. The van der Waals surface area contributed by atoms with Crippen molar-refractivity contribution in [3.63, 3.8) is 0 Å². The van der Waals surface area contributed by atoms with Gasteiger partial charge in [0.15, 0.2) is 0 Å². The van der Waals surface area contributed by atoms with Gasteiger partial charge in [0, 0.05) is 11.2 Å². The van der Waals surface area contributed by atoms with Gasteiger partial charge in [0.1, 0.15) is 9.64 Å². The van der Waals surface area contributed by atoms with E-state index in [1.807, 2.05) is 0 Å². The molecule has 0 aromatic heterocycles. The molecule has 0 aliphatic heterocycles. The Morgan fingerprint density at radius 3 is 2.43 bits per heavy atom. The Hall–Kier alpha value is 0.550. The van der Waals surface area contributed by atoms with Crippen molar-refractivity contribution in [2.75, 3.05) is 0 Å². The van der Waals surface area contributed by atoms with Crippen LogP contribution in [0.3, 0.4) is 0 Å². The van der Waals surface area contributed by atoms with Gasteiger partial charge in [-0.1, -0.05) is 11.6 Å². The minimum atomic E-state index is -2.31. The number of hydrogen-bond donors (Lipinski definition) is 1. The fraction of sp³-hybridized carbons (Fsp3) is 1.00. The second kappa shape index (κ2) is 3.54. The van der Waals surface area contributed by atoms with Gasteiger partial charge in [0.05, 0.1) is 0 Å². The van der Waals surface area contributed by atoms with Crippen molar-refractivity contribution in [2.24, 2.45) is 0 Å². The lowest BCUT2D eigenvalue weighted by Crippen LogP contribution is -1.92. The summed E-state index contributed by atoms with van der Waals surface area (Å²) in [6.45, 7) is 0. The van der Waals surface area contributed by atoms with Crippen molar-refractivity contribution >= 4 is 32.4 Å². The predicted octanol–water partition coefficient (Wildman–Crippen LogP) is 0.353. The third kappa shape index (κ3) is 6.55. The molecular weight excluding hydrogens is 163 g/mol. The summed E-state index contributed by atoms with van der Waals surface area (Å²) in [7, 11) is -2.31. The first-order valence-corrected chi connectivity index (χ1v) is 3.85. The molecule has 0 fully saturated rings. The average molecular weight is 165 g/mol. The summed E-state index contributed by atoms with van der Waals surface area (Å²) in [5.41, 5.74) is 0. The zero-order valence-electron chi connectivity index (χ0n) is 3.01. The molecule has 0 amide bonds. The zero-order chi connectivity index (χ0) is 5.86. The Balaban J connectivity index is 3.32. The summed E-state index contributed by atoms with van der Waals surface area (Å²) in [6, 6.07) is 0. The average Bonchev–Trinajstić information content (AvgIpc) is 1.27. The summed E-state index contributed by atoms with van der Waals surface area (Å²) in [5.74, 6) is -2.04. The molecule has 0 aromatic rings. The SMILES string of the molecule is O=[SH](=S)OC(F)Cl. The molecule has 7 heavy (non-hydrogen) atoms. The van der Waals surface area contributed by atoms with Gasteiger partial charge in [-0.25, -0.2) is 8.39 Å². The van der Waals surface area contributed by atoms with E-state index in [4.69, 9.17) is 0 Å². The Morgan fingerprint density at radius 1 is 2.00 bits per heavy atom. The first-order valence-electron chi connectivity index (χ1n) is 1.22. The van der Waals surface area contributed by atoms with Gasteiger partial charge in [-0.15, -0.1) is 0 Å². The highest BCUT2D eigenvalue weighted by atomic mass is 35.5. The summed E-state index contributed by atoms with van der Waals surface area (Å²) in [6.07, 6.45) is 0. The number of hydrogen-bond acceptors (Lipinski definition) is 3. The molecule has 0 heterocycles. The van der Waals surface area contributed by atoms with Crippen LogP contribution in [0.25, 0.3) is 0 Å². The lowest BCUT2D eigenvalue weighted by Gasteiger charge is -1.89. The first kappa shape index (κ1) is 7.55. The van der Waals surface area contributed by atoms with Crippen LogP contribution < -0.4 is 0 Å². The number of rotatable bonds is 2. The van der Waals surface area contributed by atoms with Crippen LogP contribution in [0.4, 0.5) is 4.39 Å². The van der Waals surface area contributed by atoms with Crippen molar-refractivity contribution < 1.29 is 12.8 Å². The Kier molecular flexibility index (Phi) is 3.82. The van der Waals surface area contributed by atoms with Gasteiger partial charge >= 0.3 is 0 Å². The monoisotopic (exact) mass is 164 g/mol. The molecule has 2 nitrogen and oxygen atoms in total. The lowest BCUT2D eigenvalue weighted by molar-refractivity contribution is 0.170. The van der Waals surface area contributed by atoms with Gasteiger partial charge in [-0.3, -0.25) is 0 Å². The van der Waals surface area contributed by atoms with Crippen LogP contribution in [-0.2, 0) is 25.0 Å². The van der Waals surface area contributed by atoms with Crippen molar-refractivity contribution in [1.82, 2.24) is 0 Å². The molecule has 6 heteroatoms. The van der Waals surface area contributed by atoms with Crippen molar-refractivity contribution in [3.05, 3.63) is 0 Å². The molecule has 0 rings (SSSR count). The molecule has 2 unspecified atom stereocenters. The quantitative estimate of drug-likeness (QED) is 0.471. The van der Waals surface area contributed by atoms with E-state index in [1.54, 1.807) is 0 Å². The molecule has 0 aliphatic rings. The maximum Gasteiger partial charge on any atom is 0.289 e. The highest BCUT2D eigenvalue weighted by Crippen LogP contribution is 1.97. The molecule has 0 saturated heterocycles. The van der Waals surface area contributed by atoms with E-state index in [0.29, 0.717) is 0 Å². The lowest BCUT2D eigenvalue weighted by atomic mass is 11.6. The molecule has 44 valence electrons. The van der Waals surface area contributed by atoms with Gasteiger partial charge < -0.3 is 0 Å². The molecule has 0 saturated carbocycles. The minimum absolute atomic E-state index is 2.04. The maximum absolute atomic E-state index is 11.2. The van der Waals surface area contributed by atoms with Crippen molar-refractivity contribution in [2.45, 2.75) is 5.82 Å². The smallest absolute Gasteiger partial charge is 0.240 e. The molecule has 2 atom stereocenters. The van der Waals surface area contributed by atoms with E-state index in [-0.39, 0.29) is 0 Å². The number of halogens is 2. The van der Waals surface area contributed by atoms with Crippen LogP contribution in [0, 0.1) is 0 Å². The third-order valence-electron chi connectivity index (χ3n) is 0.166. The first-order chi connectivity index (χ1) is 3.13. The summed E-state index contributed by atoms with van der Waals surface area (Å²) >= 11 is 8.45. The Bertz CT molecular complexity index is 102. The third-order valence-corrected chi connectivity index (χ3v) is 0.994. The second-order valence-corrected chi connectivity index (χ2v) is 2.49. The van der Waals surface area contributed by atoms with Crippen LogP contribution in [0.2, 0.25) is 0 Å². The summed E-state index contributed by atoms with van der Waals surface area (Å²) < 4.78 is 24.6. The molecule has 0 aliphatic carbocycles. The van der Waals surface area contributed by atoms with Crippen LogP contribution >= 0.6 is 11.6 Å². The molecule has 0 bridgehead atoms. The summed E-state index contributed by atoms with van der Waals surface area (Å²) in [4.78, 5) is 0. The van der Waals surface area contributed by atoms with Crippen LogP contribution in [0.5, 0.6) is 0 Å². The van der Waals surface area contributed by atoms with E-state index >= 15 is 0 Å². The summed E-state index contributed by atoms with van der Waals surface area (Å²) in [5, 5.41) is 0. The van der Waals surface area contributed by atoms with E-state index in [0.717, 1.165) is 0 Å². The predicted molar refractivity (Wildman–Crippen MR) is 28.7 cm³/mol. The van der Waals surface area contributed by atoms with Gasteiger partial charge in [0.25, 0.3) is 5.82 Å². The normalized spacial score (nSPS) is 18.6. The fourth-order valence-electron chi connectivity index (χ4n) is 0.0651. The van der Waals surface area contributed by atoms with Gasteiger partial charge in [-0.2, -0.15) is 4.39 Å². The van der Waals surface area contributed by atoms with Crippen LogP contribution in [-0.4, -0.2) is 10.0 Å². The molecule has 0 aromatic carbocycles. The zero-order valence-corrected chi connectivity index (χ0v) is 5.47. The molecule has 0 spiro atoms. The highest BCUT2D eigenvalue weighted by molar-refractivity contribution is 8.19. The largest absolute Gasteiger partial charge is 0.289 e. The molecule has 0 N–H and O–H groups in total. The van der Waals surface area contributed by atoms with Crippen molar-refractivity contribution in [1.29, 1.82) is 0 Å². The second-order valence-electron chi connectivity index (χ2n) is 0.590. The highest BCUT2D eigenvalue weighted by Gasteiger charge is 1.95. The van der Waals surface area contributed by atoms with Crippen LogP contribution in [0.1, 0.15) is 0 Å². The molecular formula is CH2ClFO2S2. The fourth-order valence-corrected chi connectivity index (χ4v) is 0.781. The van der Waals surface area contributed by atoms with Gasteiger partial charge in [-0.05, 0) is 0 Å². The molecule has 0 radical (unpaired) electrons. The van der Waals surface area contributed by atoms with E-state index in [2.05, 4.69) is 27.0 Å². The topological polar surface area (TPSA) is 26.3 Å². The van der Waals surface area contributed by atoms with Crippen molar-refractivity contribution in [3.8, 4) is 0 Å². The van der Waals surface area contributed by atoms with E-state index in [1.165, 1.54) is 0 Å². The van der Waals surface area contributed by atoms with E-state index in [9.17, 15) is 8.60 Å².